The van der Waals surface area contributed by atoms with E-state index in [-0.39, 0.29) is 11.5 Å². The van der Waals surface area contributed by atoms with Crippen molar-refractivity contribution in [2.45, 2.75) is 31.8 Å². The van der Waals surface area contributed by atoms with Gasteiger partial charge in [0.05, 0.1) is 16.6 Å². The number of rotatable bonds is 7. The number of benzene rings is 3. The first-order valence-corrected chi connectivity index (χ1v) is 12.1. The minimum Gasteiger partial charge on any atom is -0.326 e. The molecule has 0 fully saturated rings. The molecule has 0 saturated carbocycles. The summed E-state index contributed by atoms with van der Waals surface area (Å²) in [5.74, 6) is 0.614. The number of aryl methyl sites for hydroxylation is 2. The van der Waals surface area contributed by atoms with Gasteiger partial charge in [0.2, 0.25) is 5.91 Å². The number of halogens is 1. The van der Waals surface area contributed by atoms with Crippen LogP contribution in [-0.4, -0.2) is 21.2 Å². The molecule has 5 nitrogen and oxygen atoms in total. The topological polar surface area (TPSA) is 64.0 Å². The Morgan fingerprint density at radius 3 is 2.64 bits per heavy atom. The van der Waals surface area contributed by atoms with E-state index in [2.05, 4.69) is 5.32 Å². The molecule has 7 heteroatoms. The molecular formula is C26H24ClN3O2S. The molecule has 0 aliphatic carbocycles. The minimum atomic E-state index is -0.141. The number of anilines is 1. The third-order valence-electron chi connectivity index (χ3n) is 5.38. The molecule has 1 aromatic heterocycles. The maximum atomic E-state index is 13.3. The molecule has 0 radical (unpaired) electrons. The third kappa shape index (κ3) is 5.46. The van der Waals surface area contributed by atoms with Crippen LogP contribution in [-0.2, 0) is 4.79 Å². The SMILES string of the molecule is Cc1ccc(NC(=O)CCCSc2nc3ccccc3c(=O)n2-c2cccc(Cl)c2)cc1C. The van der Waals surface area contributed by atoms with E-state index in [1.807, 2.05) is 62.4 Å². The molecule has 33 heavy (non-hydrogen) atoms. The smallest absolute Gasteiger partial charge is 0.266 e. The van der Waals surface area contributed by atoms with Crippen molar-refractivity contribution in [3.8, 4) is 5.69 Å². The second kappa shape index (κ2) is 10.2. The molecular weight excluding hydrogens is 454 g/mol. The van der Waals surface area contributed by atoms with Gasteiger partial charge in [0.1, 0.15) is 0 Å². The Morgan fingerprint density at radius 2 is 1.85 bits per heavy atom. The lowest BCUT2D eigenvalue weighted by atomic mass is 10.1. The molecule has 1 N–H and O–H groups in total. The van der Waals surface area contributed by atoms with E-state index in [1.54, 1.807) is 22.8 Å². The van der Waals surface area contributed by atoms with Crippen LogP contribution < -0.4 is 10.9 Å². The van der Waals surface area contributed by atoms with Crippen molar-refractivity contribution in [3.05, 3.63) is 93.2 Å². The molecule has 168 valence electrons. The van der Waals surface area contributed by atoms with E-state index in [1.165, 1.54) is 17.3 Å². The van der Waals surface area contributed by atoms with Crippen LogP contribution in [0.5, 0.6) is 0 Å². The maximum absolute atomic E-state index is 13.3. The van der Waals surface area contributed by atoms with Crippen molar-refractivity contribution < 1.29 is 4.79 Å². The highest BCUT2D eigenvalue weighted by Crippen LogP contribution is 2.24. The van der Waals surface area contributed by atoms with Gasteiger partial charge in [-0.25, -0.2) is 4.98 Å². The van der Waals surface area contributed by atoms with Gasteiger partial charge >= 0.3 is 0 Å². The van der Waals surface area contributed by atoms with Gasteiger partial charge in [-0.3, -0.25) is 14.2 Å². The van der Waals surface area contributed by atoms with Crippen molar-refractivity contribution >= 4 is 45.9 Å². The van der Waals surface area contributed by atoms with Crippen molar-refractivity contribution in [1.29, 1.82) is 0 Å². The van der Waals surface area contributed by atoms with Gasteiger partial charge in [-0.05, 0) is 73.9 Å². The maximum Gasteiger partial charge on any atom is 0.266 e. The summed E-state index contributed by atoms with van der Waals surface area (Å²) >= 11 is 7.64. The Bertz CT molecular complexity index is 1380. The zero-order valence-corrected chi connectivity index (χ0v) is 20.0. The van der Waals surface area contributed by atoms with E-state index in [0.29, 0.717) is 45.4 Å². The number of hydrogen-bond acceptors (Lipinski definition) is 4. The van der Waals surface area contributed by atoms with E-state index in [0.717, 1.165) is 11.3 Å². The van der Waals surface area contributed by atoms with Gasteiger partial charge < -0.3 is 5.32 Å². The second-order valence-electron chi connectivity index (χ2n) is 7.83. The Hall–Kier alpha value is -3.09. The second-order valence-corrected chi connectivity index (χ2v) is 9.33. The average molecular weight is 478 g/mol. The molecule has 0 bridgehead atoms. The number of fused-ring (bicyclic) bond motifs is 1. The monoisotopic (exact) mass is 477 g/mol. The van der Waals surface area contributed by atoms with Crippen LogP contribution in [0.2, 0.25) is 5.02 Å². The van der Waals surface area contributed by atoms with E-state index in [4.69, 9.17) is 16.6 Å². The highest BCUT2D eigenvalue weighted by molar-refractivity contribution is 7.99. The summed E-state index contributed by atoms with van der Waals surface area (Å²) in [6, 6.07) is 20.4. The molecule has 0 unspecified atom stereocenters. The highest BCUT2D eigenvalue weighted by atomic mass is 35.5. The lowest BCUT2D eigenvalue weighted by Gasteiger charge is -2.13. The van der Waals surface area contributed by atoms with Gasteiger partial charge in [-0.1, -0.05) is 47.6 Å². The van der Waals surface area contributed by atoms with E-state index >= 15 is 0 Å². The number of carbonyl (C=O) groups excluding carboxylic acids is 1. The van der Waals surface area contributed by atoms with Gasteiger partial charge in [-0.15, -0.1) is 0 Å². The number of carbonyl (C=O) groups is 1. The van der Waals surface area contributed by atoms with Crippen molar-refractivity contribution in [2.75, 3.05) is 11.1 Å². The quantitative estimate of drug-likeness (QED) is 0.196. The summed E-state index contributed by atoms with van der Waals surface area (Å²) in [6.07, 6.45) is 1.04. The molecule has 0 aliphatic rings. The standard InChI is InChI=1S/C26H24ClN3O2S/c1-17-12-13-20(15-18(17)2)28-24(31)11-6-14-33-26-29-23-10-4-3-9-22(23)25(32)30(26)21-8-5-7-19(27)16-21/h3-5,7-10,12-13,15-16H,6,11,14H2,1-2H3,(H,28,31). The summed E-state index contributed by atoms with van der Waals surface area (Å²) in [4.78, 5) is 30.4. The number of nitrogens with one attached hydrogen (secondary N) is 1. The van der Waals surface area contributed by atoms with Crippen LogP contribution in [0.1, 0.15) is 24.0 Å². The molecule has 3 aromatic carbocycles. The molecule has 0 atom stereocenters. The molecule has 0 aliphatic heterocycles. The summed E-state index contributed by atoms with van der Waals surface area (Å²) < 4.78 is 1.59. The Labute approximate surface area is 201 Å². The first-order valence-electron chi connectivity index (χ1n) is 10.7. The number of aromatic nitrogens is 2. The van der Waals surface area contributed by atoms with Crippen LogP contribution in [0.4, 0.5) is 5.69 Å². The van der Waals surface area contributed by atoms with Crippen molar-refractivity contribution in [2.24, 2.45) is 0 Å². The lowest BCUT2D eigenvalue weighted by molar-refractivity contribution is -0.116. The summed E-state index contributed by atoms with van der Waals surface area (Å²) in [7, 11) is 0. The van der Waals surface area contributed by atoms with Gasteiger partial charge in [0.25, 0.3) is 5.56 Å². The van der Waals surface area contributed by atoms with E-state index < -0.39 is 0 Å². The van der Waals surface area contributed by atoms with E-state index in [9.17, 15) is 9.59 Å². The molecule has 0 spiro atoms. The Morgan fingerprint density at radius 1 is 1.03 bits per heavy atom. The van der Waals surface area contributed by atoms with Gasteiger partial charge in [0, 0.05) is 22.9 Å². The van der Waals surface area contributed by atoms with Crippen LogP contribution >= 0.6 is 23.4 Å². The first kappa shape index (κ1) is 23.1. The molecule has 4 aromatic rings. The van der Waals surface area contributed by atoms with Crippen molar-refractivity contribution in [3.63, 3.8) is 0 Å². The number of hydrogen-bond donors (Lipinski definition) is 1. The third-order valence-corrected chi connectivity index (χ3v) is 6.64. The number of thioether (sulfide) groups is 1. The largest absolute Gasteiger partial charge is 0.326 e. The molecule has 1 heterocycles. The number of para-hydroxylation sites is 1. The van der Waals surface area contributed by atoms with Crippen LogP contribution in [0.3, 0.4) is 0 Å². The number of nitrogens with zero attached hydrogens (tertiary/aromatic N) is 2. The summed E-state index contributed by atoms with van der Waals surface area (Å²) in [6.45, 7) is 4.07. The minimum absolute atomic E-state index is 0.0300. The summed E-state index contributed by atoms with van der Waals surface area (Å²) in [5, 5.41) is 4.63. The highest BCUT2D eigenvalue weighted by Gasteiger charge is 2.14. The fourth-order valence-electron chi connectivity index (χ4n) is 3.49. The fourth-order valence-corrected chi connectivity index (χ4v) is 4.63. The normalized spacial score (nSPS) is 11.0. The zero-order chi connectivity index (χ0) is 23.4. The van der Waals surface area contributed by atoms with Crippen molar-refractivity contribution in [1.82, 2.24) is 9.55 Å². The first-order chi connectivity index (χ1) is 15.9. The van der Waals surface area contributed by atoms with Crippen LogP contribution in [0, 0.1) is 13.8 Å². The lowest BCUT2D eigenvalue weighted by Crippen LogP contribution is -2.21. The summed E-state index contributed by atoms with van der Waals surface area (Å²) in [5.41, 5.74) is 4.32. The predicted octanol–water partition coefficient (Wildman–Crippen LogP) is 6.17. The Balaban J connectivity index is 1.49. The zero-order valence-electron chi connectivity index (χ0n) is 18.5. The fraction of sp³-hybridized carbons (Fsp3) is 0.192. The van der Waals surface area contributed by atoms with Crippen LogP contribution in [0.25, 0.3) is 16.6 Å². The number of amides is 1. The molecule has 0 saturated heterocycles. The van der Waals surface area contributed by atoms with Gasteiger partial charge in [0.15, 0.2) is 5.16 Å². The van der Waals surface area contributed by atoms with Crippen LogP contribution in [0.15, 0.2) is 76.7 Å². The molecule has 4 rings (SSSR count). The molecule has 1 amide bonds. The van der Waals surface area contributed by atoms with Gasteiger partial charge in [-0.2, -0.15) is 0 Å². The Kier molecular flexibility index (Phi) is 7.16. The average Bonchev–Trinajstić information content (AvgIpc) is 2.79. The predicted molar refractivity (Wildman–Crippen MR) is 137 cm³/mol.